The van der Waals surface area contributed by atoms with Crippen LogP contribution in [0.25, 0.3) is 11.1 Å². The Morgan fingerprint density at radius 2 is 1.60 bits per heavy atom. The molecule has 1 fully saturated rings. The Bertz CT molecular complexity index is 1590. The molecule has 0 aliphatic carbocycles. The summed E-state index contributed by atoms with van der Waals surface area (Å²) in [5.74, 6) is -7.14. The van der Waals surface area contributed by atoms with Gasteiger partial charge in [0.1, 0.15) is 30.2 Å². The molecule has 1 aliphatic heterocycles. The molecule has 0 saturated carbocycles. The maximum Gasteiger partial charge on any atom is 0.307 e. The third-order valence-electron chi connectivity index (χ3n) is 8.35. The van der Waals surface area contributed by atoms with Crippen LogP contribution in [0.15, 0.2) is 48.5 Å². The summed E-state index contributed by atoms with van der Waals surface area (Å²) in [6, 6.07) is 7.42. The lowest BCUT2D eigenvalue weighted by Crippen LogP contribution is -2.58. The zero-order valence-corrected chi connectivity index (χ0v) is 27.9. The Balaban J connectivity index is 1.87. The molecule has 16 heteroatoms. The fourth-order valence-corrected chi connectivity index (χ4v) is 5.58. The van der Waals surface area contributed by atoms with E-state index in [-0.39, 0.29) is 30.9 Å². The minimum absolute atomic E-state index is 0.183. The van der Waals surface area contributed by atoms with Gasteiger partial charge in [-0.25, -0.2) is 4.39 Å². The Labute approximate surface area is 287 Å². The van der Waals surface area contributed by atoms with Crippen LogP contribution in [0.4, 0.5) is 4.39 Å². The highest BCUT2D eigenvalue weighted by molar-refractivity contribution is 5.97. The second-order valence-electron chi connectivity index (χ2n) is 12.1. The minimum atomic E-state index is -1.81. The average Bonchev–Trinajstić information content (AvgIpc) is 3.48. The normalized spacial score (nSPS) is 17.8. The monoisotopic (exact) mass is 699 g/mol. The molecule has 0 unspecified atom stereocenters. The lowest BCUT2D eigenvalue weighted by molar-refractivity contribution is -0.145. The van der Waals surface area contributed by atoms with Gasteiger partial charge in [0, 0.05) is 37.1 Å². The molecule has 15 nitrogen and oxygen atoms in total. The summed E-state index contributed by atoms with van der Waals surface area (Å²) in [4.78, 5) is 89.2. The van der Waals surface area contributed by atoms with E-state index in [9.17, 15) is 48.2 Å². The number of aliphatic carboxylic acids is 2. The van der Waals surface area contributed by atoms with Crippen molar-refractivity contribution in [1.82, 2.24) is 26.2 Å². The van der Waals surface area contributed by atoms with Crippen molar-refractivity contribution in [3.05, 3.63) is 59.9 Å². The molecule has 0 aromatic heterocycles. The van der Waals surface area contributed by atoms with E-state index < -0.39 is 90.5 Å². The molecular weight excluding hydrogens is 657 g/mol. The maximum atomic E-state index is 14.2. The van der Waals surface area contributed by atoms with Crippen LogP contribution in [-0.2, 0) is 28.8 Å². The smallest absolute Gasteiger partial charge is 0.307 e. The minimum Gasteiger partial charge on any atom is -0.481 e. The molecule has 270 valence electrons. The second-order valence-corrected chi connectivity index (χ2v) is 12.1. The Morgan fingerprint density at radius 1 is 0.940 bits per heavy atom. The van der Waals surface area contributed by atoms with Crippen molar-refractivity contribution >= 4 is 41.5 Å². The first-order chi connectivity index (χ1) is 23.6. The lowest BCUT2D eigenvalue weighted by Gasteiger charge is -2.30. The molecule has 0 bridgehead atoms. The van der Waals surface area contributed by atoms with E-state index in [0.29, 0.717) is 17.5 Å². The number of carboxylic acid groups (broad SMARTS) is 2. The van der Waals surface area contributed by atoms with Gasteiger partial charge in [-0.15, -0.1) is 0 Å². The van der Waals surface area contributed by atoms with Crippen molar-refractivity contribution in [3.8, 4) is 11.1 Å². The first kappa shape index (κ1) is 39.1. The van der Waals surface area contributed by atoms with Crippen molar-refractivity contribution in [2.45, 2.75) is 83.3 Å². The summed E-state index contributed by atoms with van der Waals surface area (Å²) < 4.78 is 14.2. The van der Waals surface area contributed by atoms with Crippen LogP contribution < -0.4 is 21.3 Å². The van der Waals surface area contributed by atoms with Gasteiger partial charge in [0.15, 0.2) is 0 Å². The number of nitrogens with one attached hydrogen (secondary N) is 4. The van der Waals surface area contributed by atoms with Crippen LogP contribution in [0, 0.1) is 11.7 Å². The molecule has 7 N–H and O–H groups in total. The van der Waals surface area contributed by atoms with Gasteiger partial charge in [-0.2, -0.15) is 0 Å². The average molecular weight is 700 g/mol. The van der Waals surface area contributed by atoms with E-state index in [2.05, 4.69) is 21.3 Å². The first-order valence-electron chi connectivity index (χ1n) is 16.1. The number of hydrogen-bond acceptors (Lipinski definition) is 8. The zero-order valence-electron chi connectivity index (χ0n) is 27.9. The number of carbonyl (C=O) groups is 7. The molecule has 1 saturated heterocycles. The fraction of sp³-hybridized carbons (Fsp3) is 0.441. The van der Waals surface area contributed by atoms with E-state index in [1.165, 1.54) is 25.1 Å². The molecule has 0 radical (unpaired) electrons. The third kappa shape index (κ3) is 10.8. The van der Waals surface area contributed by atoms with Gasteiger partial charge in [-0.3, -0.25) is 33.6 Å². The van der Waals surface area contributed by atoms with Gasteiger partial charge >= 0.3 is 11.9 Å². The zero-order chi connectivity index (χ0) is 37.1. The molecule has 3 rings (SSSR count). The number of benzene rings is 2. The lowest BCUT2D eigenvalue weighted by atomic mass is 9.97. The maximum absolute atomic E-state index is 14.2. The number of amides is 5. The molecule has 0 spiro atoms. The summed E-state index contributed by atoms with van der Waals surface area (Å²) in [6.07, 6.45) is -3.28. The summed E-state index contributed by atoms with van der Waals surface area (Å²) in [5.41, 5.74) is 1.05. The first-order valence-corrected chi connectivity index (χ1v) is 16.1. The van der Waals surface area contributed by atoms with Gasteiger partial charge in [-0.05, 0) is 42.5 Å². The Kier molecular flexibility index (Phi) is 13.9. The van der Waals surface area contributed by atoms with Gasteiger partial charge < -0.3 is 41.5 Å². The van der Waals surface area contributed by atoms with Crippen molar-refractivity contribution < 1.29 is 53.3 Å². The molecule has 1 aliphatic rings. The molecule has 5 amide bonds. The molecule has 50 heavy (non-hydrogen) atoms. The quantitative estimate of drug-likeness (QED) is 0.123. The van der Waals surface area contributed by atoms with Crippen molar-refractivity contribution in [1.29, 1.82) is 0 Å². The Hall–Kier alpha value is -5.38. The number of nitrogens with zero attached hydrogens (tertiary/aromatic N) is 1. The van der Waals surface area contributed by atoms with Gasteiger partial charge in [-0.1, -0.05) is 50.6 Å². The standard InChI is InChI=1S/C34H42FN5O10/c1-4-18(2)30(36-19(3)41)33(49)38-25(13-14-28(43)44)34(50)40-17-22(15-26(40)32(48)39-27(42)16-29(45)46)37-31(47)21-11-9-20(10-12-21)23-7-5-6-8-24(23)35/h5-12,18,22,25-27,30,42H,4,13-17H2,1-3H3,(H,36,41)(H,37,47)(H,38,49)(H,39,48)(H,43,44)(H,45,46)/t18-,22-,25-,26-,27+,30-/m0/s1. The van der Waals surface area contributed by atoms with Crippen LogP contribution in [0.2, 0.25) is 0 Å². The van der Waals surface area contributed by atoms with Crippen LogP contribution in [0.5, 0.6) is 0 Å². The third-order valence-corrected chi connectivity index (χ3v) is 8.35. The van der Waals surface area contributed by atoms with E-state index in [1.54, 1.807) is 44.2 Å². The van der Waals surface area contributed by atoms with E-state index in [4.69, 9.17) is 5.11 Å². The number of hydrogen-bond donors (Lipinski definition) is 7. The highest BCUT2D eigenvalue weighted by atomic mass is 19.1. The topological polar surface area (TPSA) is 232 Å². The highest BCUT2D eigenvalue weighted by Gasteiger charge is 2.43. The molecular formula is C34H42FN5O10. The largest absolute Gasteiger partial charge is 0.481 e. The van der Waals surface area contributed by atoms with E-state index >= 15 is 0 Å². The summed E-state index contributed by atoms with van der Waals surface area (Å²) in [6.45, 7) is 4.44. The van der Waals surface area contributed by atoms with Crippen LogP contribution in [0.1, 0.15) is 63.2 Å². The number of aliphatic hydroxyl groups excluding tert-OH is 1. The SMILES string of the molecule is CC[C@H](C)[C@H](NC(C)=O)C(=O)N[C@@H](CCC(=O)O)C(=O)N1C[C@@H](NC(=O)c2ccc(-c3ccccc3F)cc2)C[C@H]1C(=O)N[C@H](O)CC(=O)O. The number of aliphatic hydroxyl groups is 1. The second kappa shape index (κ2) is 17.9. The molecule has 1 heterocycles. The van der Waals surface area contributed by atoms with Gasteiger partial charge in [0.05, 0.1) is 6.42 Å². The van der Waals surface area contributed by atoms with Crippen molar-refractivity contribution in [2.24, 2.45) is 5.92 Å². The van der Waals surface area contributed by atoms with Crippen molar-refractivity contribution in [3.63, 3.8) is 0 Å². The molecule has 6 atom stereocenters. The van der Waals surface area contributed by atoms with E-state index in [1.807, 2.05) is 0 Å². The number of likely N-dealkylation sites (tertiary alicyclic amines) is 1. The fourth-order valence-electron chi connectivity index (χ4n) is 5.58. The predicted molar refractivity (Wildman–Crippen MR) is 175 cm³/mol. The van der Waals surface area contributed by atoms with Gasteiger partial charge in [0.2, 0.25) is 23.6 Å². The van der Waals surface area contributed by atoms with Gasteiger partial charge in [0.25, 0.3) is 5.91 Å². The van der Waals surface area contributed by atoms with Crippen molar-refractivity contribution in [2.75, 3.05) is 6.54 Å². The van der Waals surface area contributed by atoms with Crippen LogP contribution in [-0.4, -0.2) is 98.6 Å². The van der Waals surface area contributed by atoms with Crippen LogP contribution >= 0.6 is 0 Å². The summed E-state index contributed by atoms with van der Waals surface area (Å²) >= 11 is 0. The number of carbonyl (C=O) groups excluding carboxylic acids is 5. The summed E-state index contributed by atoms with van der Waals surface area (Å²) in [7, 11) is 0. The number of carboxylic acids is 2. The molecule has 2 aromatic carbocycles. The number of rotatable bonds is 16. The van der Waals surface area contributed by atoms with E-state index in [0.717, 1.165) is 4.90 Å². The summed E-state index contributed by atoms with van der Waals surface area (Å²) in [5, 5.41) is 38.4. The van der Waals surface area contributed by atoms with Crippen LogP contribution in [0.3, 0.4) is 0 Å². The highest BCUT2D eigenvalue weighted by Crippen LogP contribution is 2.24. The Morgan fingerprint density at radius 3 is 2.18 bits per heavy atom. The number of halogens is 1. The molecule has 2 aromatic rings. The predicted octanol–water partition coefficient (Wildman–Crippen LogP) is 1.00.